The van der Waals surface area contributed by atoms with Gasteiger partial charge in [0.2, 0.25) is 21.8 Å². The fourth-order valence-electron chi connectivity index (χ4n) is 4.75. The minimum absolute atomic E-state index is 0.0479. The number of amides is 2. The lowest BCUT2D eigenvalue weighted by Crippen LogP contribution is -2.54. The van der Waals surface area contributed by atoms with E-state index in [1.54, 1.807) is 42.5 Å². The fraction of sp³-hybridized carbons (Fsp3) is 0.257. The second kappa shape index (κ2) is 15.6. The summed E-state index contributed by atoms with van der Waals surface area (Å²) in [6.45, 7) is 3.40. The molecule has 0 fully saturated rings. The Morgan fingerprint density at radius 1 is 0.844 bits per heavy atom. The van der Waals surface area contributed by atoms with E-state index < -0.39 is 28.5 Å². The van der Waals surface area contributed by atoms with E-state index in [4.69, 9.17) is 16.3 Å². The number of nitrogens with one attached hydrogen (secondary N) is 1. The predicted octanol–water partition coefficient (Wildman–Crippen LogP) is 6.45. The second-order valence-electron chi connectivity index (χ2n) is 10.9. The molecule has 10 heteroatoms. The van der Waals surface area contributed by atoms with Crippen LogP contribution in [0.3, 0.4) is 0 Å². The summed E-state index contributed by atoms with van der Waals surface area (Å²) in [7, 11) is -3.90. The van der Waals surface area contributed by atoms with Gasteiger partial charge in [-0.15, -0.1) is 0 Å². The molecule has 0 aromatic heterocycles. The van der Waals surface area contributed by atoms with Crippen LogP contribution in [0.2, 0.25) is 5.02 Å². The number of anilines is 1. The van der Waals surface area contributed by atoms with E-state index in [1.807, 2.05) is 80.6 Å². The molecule has 2 atom stereocenters. The molecule has 0 heterocycles. The Balaban J connectivity index is 1.68. The predicted molar refractivity (Wildman–Crippen MR) is 179 cm³/mol. The van der Waals surface area contributed by atoms with E-state index in [1.165, 1.54) is 4.90 Å². The van der Waals surface area contributed by atoms with Gasteiger partial charge in [-0.1, -0.05) is 79.2 Å². The van der Waals surface area contributed by atoms with Gasteiger partial charge in [0.1, 0.15) is 24.1 Å². The highest BCUT2D eigenvalue weighted by Crippen LogP contribution is 2.26. The van der Waals surface area contributed by atoms with E-state index in [0.717, 1.165) is 16.1 Å². The van der Waals surface area contributed by atoms with Gasteiger partial charge >= 0.3 is 0 Å². The molecule has 0 saturated carbocycles. The Morgan fingerprint density at radius 2 is 1.44 bits per heavy atom. The molecule has 0 bridgehead atoms. The number of para-hydroxylation sites is 1. The first kappa shape index (κ1) is 33.6. The zero-order valence-corrected chi connectivity index (χ0v) is 27.2. The molecule has 0 aliphatic rings. The summed E-state index contributed by atoms with van der Waals surface area (Å²) in [6.07, 6.45) is 1.99. The van der Waals surface area contributed by atoms with Gasteiger partial charge in [0.05, 0.1) is 11.9 Å². The molecule has 4 aromatic carbocycles. The quantitative estimate of drug-likeness (QED) is 0.170. The van der Waals surface area contributed by atoms with Crippen molar-refractivity contribution in [2.75, 3.05) is 17.1 Å². The summed E-state index contributed by atoms with van der Waals surface area (Å²) >= 11 is 6.27. The molecule has 1 N–H and O–H groups in total. The zero-order valence-electron chi connectivity index (χ0n) is 25.6. The minimum Gasteiger partial charge on any atom is -0.457 e. The van der Waals surface area contributed by atoms with Gasteiger partial charge in [0.25, 0.3) is 0 Å². The smallest absolute Gasteiger partial charge is 0.244 e. The van der Waals surface area contributed by atoms with Gasteiger partial charge in [0.15, 0.2) is 0 Å². The van der Waals surface area contributed by atoms with Crippen molar-refractivity contribution in [3.63, 3.8) is 0 Å². The molecule has 0 spiro atoms. The molecule has 236 valence electrons. The van der Waals surface area contributed by atoms with E-state index in [0.29, 0.717) is 28.5 Å². The third kappa shape index (κ3) is 9.83. The van der Waals surface area contributed by atoms with Crippen molar-refractivity contribution in [1.29, 1.82) is 0 Å². The summed E-state index contributed by atoms with van der Waals surface area (Å²) in [6, 6.07) is 31.1. The number of ether oxygens (including phenoxy) is 1. The summed E-state index contributed by atoms with van der Waals surface area (Å²) in [5.74, 6) is 0.288. The first-order chi connectivity index (χ1) is 21.5. The van der Waals surface area contributed by atoms with Crippen molar-refractivity contribution in [2.45, 2.75) is 45.3 Å². The molecule has 4 rings (SSSR count). The topological polar surface area (TPSA) is 96.0 Å². The largest absolute Gasteiger partial charge is 0.457 e. The maximum Gasteiger partial charge on any atom is 0.244 e. The van der Waals surface area contributed by atoms with Crippen LogP contribution in [0.25, 0.3) is 0 Å². The average Bonchev–Trinajstić information content (AvgIpc) is 3.02. The van der Waals surface area contributed by atoms with Crippen LogP contribution in [0.1, 0.15) is 31.4 Å². The highest BCUT2D eigenvalue weighted by molar-refractivity contribution is 7.92. The summed E-state index contributed by atoms with van der Waals surface area (Å²) in [5.41, 5.74) is 1.86. The minimum atomic E-state index is -3.90. The van der Waals surface area contributed by atoms with E-state index in [9.17, 15) is 18.0 Å². The molecule has 8 nitrogen and oxygen atoms in total. The third-order valence-corrected chi connectivity index (χ3v) is 8.67. The van der Waals surface area contributed by atoms with Crippen molar-refractivity contribution in [3.8, 4) is 11.5 Å². The zero-order chi connectivity index (χ0) is 32.4. The van der Waals surface area contributed by atoms with Crippen molar-refractivity contribution < 1.29 is 22.7 Å². The second-order valence-corrected chi connectivity index (χ2v) is 13.2. The summed E-state index contributed by atoms with van der Waals surface area (Å²) in [5, 5.41) is 3.50. The Labute approximate surface area is 270 Å². The van der Waals surface area contributed by atoms with Crippen LogP contribution in [-0.4, -0.2) is 50.0 Å². The number of nitrogens with zero attached hydrogens (tertiary/aromatic N) is 2. The monoisotopic (exact) mass is 647 g/mol. The van der Waals surface area contributed by atoms with Crippen LogP contribution < -0.4 is 14.4 Å². The van der Waals surface area contributed by atoms with Gasteiger partial charge in [0, 0.05) is 24.0 Å². The van der Waals surface area contributed by atoms with Crippen LogP contribution in [0.4, 0.5) is 5.69 Å². The van der Waals surface area contributed by atoms with Crippen molar-refractivity contribution >= 4 is 39.1 Å². The SMILES string of the molecule is CC[C@@H](C)NC(=O)[C@@H](Cc1ccccc1)N(Cc1cccc(Cl)c1)C(=O)CN(c1ccc(Oc2ccccc2)cc1)S(C)(=O)=O. The Kier molecular flexibility index (Phi) is 11.6. The number of halogens is 1. The van der Waals surface area contributed by atoms with Crippen LogP contribution >= 0.6 is 11.6 Å². The highest BCUT2D eigenvalue weighted by Gasteiger charge is 2.33. The molecule has 0 radical (unpaired) electrons. The first-order valence-corrected chi connectivity index (χ1v) is 16.9. The number of sulfonamides is 1. The number of rotatable bonds is 14. The molecule has 4 aromatic rings. The number of carbonyl (C=O) groups excluding carboxylic acids is 2. The van der Waals surface area contributed by atoms with Gasteiger partial charge in [-0.25, -0.2) is 8.42 Å². The molecule has 0 unspecified atom stereocenters. The van der Waals surface area contributed by atoms with Crippen LogP contribution in [-0.2, 0) is 32.6 Å². The van der Waals surface area contributed by atoms with E-state index in [2.05, 4.69) is 5.32 Å². The van der Waals surface area contributed by atoms with Crippen LogP contribution in [0.15, 0.2) is 109 Å². The average molecular weight is 648 g/mol. The van der Waals surface area contributed by atoms with Crippen molar-refractivity contribution in [1.82, 2.24) is 10.2 Å². The third-order valence-electron chi connectivity index (χ3n) is 7.30. The molecular weight excluding hydrogens is 610 g/mol. The number of hydrogen-bond acceptors (Lipinski definition) is 5. The fourth-order valence-corrected chi connectivity index (χ4v) is 5.81. The molecule has 2 amide bonds. The van der Waals surface area contributed by atoms with Crippen molar-refractivity contribution in [2.24, 2.45) is 0 Å². The van der Waals surface area contributed by atoms with Crippen molar-refractivity contribution in [3.05, 3.63) is 125 Å². The normalized spacial score (nSPS) is 12.5. The Morgan fingerprint density at radius 3 is 2.04 bits per heavy atom. The lowest BCUT2D eigenvalue weighted by molar-refractivity contribution is -0.140. The Hall–Kier alpha value is -4.34. The molecule has 45 heavy (non-hydrogen) atoms. The first-order valence-electron chi connectivity index (χ1n) is 14.7. The maximum absolute atomic E-state index is 14.2. The van der Waals surface area contributed by atoms with Gasteiger partial charge < -0.3 is 15.0 Å². The van der Waals surface area contributed by atoms with Gasteiger partial charge in [-0.3, -0.25) is 13.9 Å². The standard InChI is InChI=1S/C35H38ClN3O5S/c1-4-26(2)37-35(41)33(23-27-12-7-5-8-13-27)38(24-28-14-11-15-29(36)22-28)34(40)25-39(45(3,42)43)30-18-20-32(21-19-30)44-31-16-9-6-10-17-31/h5-22,26,33H,4,23-25H2,1-3H3,(H,37,41)/t26-,33-/m1/s1. The van der Waals surface area contributed by atoms with E-state index >= 15 is 0 Å². The summed E-state index contributed by atoms with van der Waals surface area (Å²) in [4.78, 5) is 29.5. The number of hydrogen-bond donors (Lipinski definition) is 1. The number of benzene rings is 4. The van der Waals surface area contributed by atoms with Gasteiger partial charge in [-0.2, -0.15) is 0 Å². The molecular formula is C35H38ClN3O5S. The molecule has 0 saturated heterocycles. The highest BCUT2D eigenvalue weighted by atomic mass is 35.5. The summed E-state index contributed by atoms with van der Waals surface area (Å²) < 4.78 is 33.0. The van der Waals surface area contributed by atoms with Crippen LogP contribution in [0.5, 0.6) is 11.5 Å². The number of carbonyl (C=O) groups is 2. The lowest BCUT2D eigenvalue weighted by Gasteiger charge is -2.34. The Bertz CT molecular complexity index is 1670. The maximum atomic E-state index is 14.2. The molecule has 0 aliphatic heterocycles. The molecule has 0 aliphatic carbocycles. The van der Waals surface area contributed by atoms with Gasteiger partial charge in [-0.05, 0) is 73.0 Å². The lowest BCUT2D eigenvalue weighted by atomic mass is 10.0. The van der Waals surface area contributed by atoms with Crippen LogP contribution in [0, 0.1) is 0 Å². The van der Waals surface area contributed by atoms with E-state index in [-0.39, 0.29) is 30.6 Å².